The predicted molar refractivity (Wildman–Crippen MR) is 137 cm³/mol. The molecule has 0 spiro atoms. The van der Waals surface area contributed by atoms with Gasteiger partial charge < -0.3 is 4.74 Å². The molecule has 0 aromatic heterocycles. The summed E-state index contributed by atoms with van der Waals surface area (Å²) in [5, 5.41) is 0. The zero-order valence-corrected chi connectivity index (χ0v) is 21.8. The molecule has 4 heteroatoms. The van der Waals surface area contributed by atoms with E-state index >= 15 is 0 Å². The van der Waals surface area contributed by atoms with E-state index in [1.807, 2.05) is 42.5 Å². The fraction of sp³-hybridized carbons (Fsp3) is 0.607. The summed E-state index contributed by atoms with van der Waals surface area (Å²) in [4.78, 5) is 11.6. The predicted octanol–water partition coefficient (Wildman–Crippen LogP) is 8.75. The van der Waals surface area contributed by atoms with Gasteiger partial charge in [-0.1, -0.05) is 89.0 Å². The Labute approximate surface area is 213 Å². The summed E-state index contributed by atoms with van der Waals surface area (Å²) >= 11 is 4.25. The molecule has 0 aliphatic heterocycles. The van der Waals surface area contributed by atoms with E-state index in [1.54, 1.807) is 12.1 Å². The fourth-order valence-electron chi connectivity index (χ4n) is 3.59. The van der Waals surface area contributed by atoms with Crippen LogP contribution in [0.25, 0.3) is 0 Å². The minimum atomic E-state index is -0.187. The van der Waals surface area contributed by atoms with E-state index in [0.717, 1.165) is 12.2 Å². The average Bonchev–Trinajstić information content (AvgIpc) is 3.52. The number of thiol groups is 1. The Kier molecular flexibility index (Phi) is 23.9. The molecule has 0 aliphatic rings. The molecule has 2 aromatic carbocycles. The van der Waals surface area contributed by atoms with Gasteiger partial charge in [-0.2, -0.15) is 43.0 Å². The molecule has 0 fully saturated rings. The van der Waals surface area contributed by atoms with Gasteiger partial charge in [0.25, 0.3) is 5.97 Å². The van der Waals surface area contributed by atoms with Crippen LogP contribution in [0.2, 0.25) is 0 Å². The number of rotatable bonds is 18. The Morgan fingerprint density at radius 3 is 1.44 bits per heavy atom. The third-order valence-electron chi connectivity index (χ3n) is 5.49. The van der Waals surface area contributed by atoms with E-state index in [4.69, 9.17) is 4.74 Å². The normalized spacial score (nSPS) is 10.2. The Bertz CT molecular complexity index is 563. The molecule has 0 aliphatic carbocycles. The van der Waals surface area contributed by atoms with Crippen LogP contribution in [-0.2, 0) is 21.8 Å². The SMILES string of the molecule is O=C(OCCCCCCCCCCCCCCCCCS)[c-]1cccc1.[Fe].c1cc[cH-]c1. The van der Waals surface area contributed by atoms with Crippen molar-refractivity contribution < 1.29 is 26.6 Å². The van der Waals surface area contributed by atoms with Crippen LogP contribution in [0.15, 0.2) is 54.6 Å². The smallest absolute Gasteiger partial charge is 0.281 e. The number of hydrogen-bond donors (Lipinski definition) is 1. The van der Waals surface area contributed by atoms with Crippen molar-refractivity contribution in [1.82, 2.24) is 0 Å². The zero-order chi connectivity index (χ0) is 22.2. The first kappa shape index (κ1) is 31.0. The van der Waals surface area contributed by atoms with Crippen LogP contribution in [-0.4, -0.2) is 18.3 Å². The van der Waals surface area contributed by atoms with Crippen LogP contribution < -0.4 is 0 Å². The molecular formula is C28H44FeO2S-2. The maximum absolute atomic E-state index is 11.6. The molecule has 0 amide bonds. The molecule has 184 valence electrons. The summed E-state index contributed by atoms with van der Waals surface area (Å²) in [5.41, 5.74) is 0.665. The Hall–Kier alpha value is -0.961. The second kappa shape index (κ2) is 24.7. The van der Waals surface area contributed by atoms with Crippen molar-refractivity contribution in [2.45, 2.75) is 96.3 Å². The van der Waals surface area contributed by atoms with Gasteiger partial charge in [-0.05, 0) is 18.6 Å². The van der Waals surface area contributed by atoms with Crippen molar-refractivity contribution in [2.75, 3.05) is 12.4 Å². The van der Waals surface area contributed by atoms with E-state index in [9.17, 15) is 4.79 Å². The molecular weight excluding hydrogens is 456 g/mol. The molecule has 0 radical (unpaired) electrons. The van der Waals surface area contributed by atoms with Crippen LogP contribution in [0.5, 0.6) is 0 Å². The maximum Gasteiger partial charge on any atom is 0.281 e. The number of hydrogen-bond acceptors (Lipinski definition) is 3. The maximum atomic E-state index is 11.6. The molecule has 0 bridgehead atoms. The molecule has 2 nitrogen and oxygen atoms in total. The van der Waals surface area contributed by atoms with Crippen molar-refractivity contribution >= 4 is 18.6 Å². The van der Waals surface area contributed by atoms with Crippen molar-refractivity contribution in [2.24, 2.45) is 0 Å². The molecule has 0 saturated carbocycles. The van der Waals surface area contributed by atoms with Gasteiger partial charge in [-0.25, -0.2) is 24.3 Å². The quantitative estimate of drug-likeness (QED) is 0.0728. The third kappa shape index (κ3) is 19.7. The second-order valence-corrected chi connectivity index (χ2v) is 8.75. The van der Waals surface area contributed by atoms with E-state index in [-0.39, 0.29) is 23.0 Å². The summed E-state index contributed by atoms with van der Waals surface area (Å²) in [7, 11) is 0. The van der Waals surface area contributed by atoms with Crippen LogP contribution in [0.1, 0.15) is 107 Å². The third-order valence-corrected chi connectivity index (χ3v) is 5.81. The van der Waals surface area contributed by atoms with Crippen LogP contribution in [0.4, 0.5) is 0 Å². The van der Waals surface area contributed by atoms with Crippen molar-refractivity contribution in [3.05, 3.63) is 60.2 Å². The summed E-state index contributed by atoms with van der Waals surface area (Å²) in [6.45, 7) is 0.554. The van der Waals surface area contributed by atoms with Gasteiger partial charge in [-0.15, -0.1) is 0 Å². The van der Waals surface area contributed by atoms with Crippen LogP contribution in [0.3, 0.4) is 0 Å². The molecule has 0 heterocycles. The molecule has 0 unspecified atom stereocenters. The number of ether oxygens (including phenoxy) is 1. The molecule has 0 N–H and O–H groups in total. The van der Waals surface area contributed by atoms with Crippen LogP contribution >= 0.6 is 12.6 Å². The number of carbonyl (C=O) groups is 1. The molecule has 0 saturated heterocycles. The van der Waals surface area contributed by atoms with Crippen molar-refractivity contribution in [3.8, 4) is 0 Å². The van der Waals surface area contributed by atoms with Gasteiger partial charge >= 0.3 is 0 Å². The summed E-state index contributed by atoms with van der Waals surface area (Å²) in [5.74, 6) is 0.857. The first-order valence-electron chi connectivity index (χ1n) is 12.5. The fourth-order valence-corrected chi connectivity index (χ4v) is 3.81. The van der Waals surface area contributed by atoms with E-state index in [0.29, 0.717) is 12.2 Å². The summed E-state index contributed by atoms with van der Waals surface area (Å²) < 4.78 is 5.26. The van der Waals surface area contributed by atoms with E-state index < -0.39 is 0 Å². The number of carbonyl (C=O) groups excluding carboxylic acids is 1. The Morgan fingerprint density at radius 1 is 0.656 bits per heavy atom. The standard InChI is InChI=1S/C23H39O2S.C5H5.Fe/c24-23(22-18-14-15-19-22)25-20-16-12-10-8-6-4-2-1-3-5-7-9-11-13-17-21-26;1-2-4-5-3-1;/h14-15,18-19,26H,1-13,16-17,20-21H2;1-5H;/q2*-1;. The van der Waals surface area contributed by atoms with Gasteiger partial charge in [0.2, 0.25) is 0 Å². The minimum absolute atomic E-state index is 0. The summed E-state index contributed by atoms with van der Waals surface area (Å²) in [6, 6.07) is 17.3. The van der Waals surface area contributed by atoms with Crippen molar-refractivity contribution in [1.29, 1.82) is 0 Å². The number of unbranched alkanes of at least 4 members (excludes halogenated alkanes) is 14. The van der Waals surface area contributed by atoms with Gasteiger partial charge in [0, 0.05) is 17.1 Å². The van der Waals surface area contributed by atoms with Crippen LogP contribution in [0, 0.1) is 0 Å². The average molecular weight is 501 g/mol. The minimum Gasteiger partial charge on any atom is -0.471 e. The Balaban J connectivity index is 0.00000140. The van der Waals surface area contributed by atoms with Gasteiger partial charge in [0.05, 0.1) is 6.61 Å². The van der Waals surface area contributed by atoms with Gasteiger partial charge in [0.15, 0.2) is 0 Å². The van der Waals surface area contributed by atoms with Crippen molar-refractivity contribution in [3.63, 3.8) is 0 Å². The first-order valence-corrected chi connectivity index (χ1v) is 13.1. The van der Waals surface area contributed by atoms with Gasteiger partial charge in [0.1, 0.15) is 0 Å². The Morgan fingerprint density at radius 2 is 1.06 bits per heavy atom. The molecule has 32 heavy (non-hydrogen) atoms. The molecule has 0 atom stereocenters. The molecule has 2 aromatic rings. The summed E-state index contributed by atoms with van der Waals surface area (Å²) in [6.07, 6.45) is 20.0. The van der Waals surface area contributed by atoms with E-state index in [2.05, 4.69) is 12.6 Å². The van der Waals surface area contributed by atoms with Gasteiger partial charge in [-0.3, -0.25) is 4.79 Å². The van der Waals surface area contributed by atoms with E-state index in [1.165, 1.54) is 89.9 Å². The number of esters is 1. The first-order chi connectivity index (χ1) is 15.3. The second-order valence-electron chi connectivity index (χ2n) is 8.30. The topological polar surface area (TPSA) is 26.3 Å². The monoisotopic (exact) mass is 500 g/mol. The zero-order valence-electron chi connectivity index (χ0n) is 19.8. The molecule has 2 rings (SSSR count). The largest absolute Gasteiger partial charge is 0.471 e.